The van der Waals surface area contributed by atoms with Gasteiger partial charge in [-0.1, -0.05) is 31.2 Å². The molecule has 82 valence electrons. The van der Waals surface area contributed by atoms with Crippen LogP contribution in [0.15, 0.2) is 12.1 Å². The summed E-state index contributed by atoms with van der Waals surface area (Å²) in [4.78, 5) is 10.8. The van der Waals surface area contributed by atoms with E-state index in [0.717, 1.165) is 6.07 Å². The molecule has 0 aliphatic heterocycles. The zero-order chi connectivity index (χ0) is 11.8. The smallest absolute Gasteiger partial charge is 0.338 e. The second-order valence-electron chi connectivity index (χ2n) is 4.37. The lowest BCUT2D eigenvalue weighted by Crippen LogP contribution is -2.41. The molecule has 0 amide bonds. The summed E-state index contributed by atoms with van der Waals surface area (Å²) < 4.78 is 13.8. The van der Waals surface area contributed by atoms with Gasteiger partial charge in [0.2, 0.25) is 0 Å². The van der Waals surface area contributed by atoms with Crippen molar-refractivity contribution in [3.8, 4) is 0 Å². The van der Waals surface area contributed by atoms with E-state index in [1.165, 1.54) is 6.07 Å². The van der Waals surface area contributed by atoms with Crippen LogP contribution in [0.2, 0.25) is 24.7 Å². The van der Waals surface area contributed by atoms with Crippen molar-refractivity contribution in [2.75, 3.05) is 0 Å². The highest BCUT2D eigenvalue weighted by Crippen LogP contribution is 2.17. The zero-order valence-corrected chi connectivity index (χ0v) is 10.5. The molecule has 1 N–H and O–H groups in total. The van der Waals surface area contributed by atoms with Gasteiger partial charge in [-0.15, -0.1) is 0 Å². The fourth-order valence-electron chi connectivity index (χ4n) is 1.29. The van der Waals surface area contributed by atoms with Crippen LogP contribution in [0.5, 0.6) is 0 Å². The van der Waals surface area contributed by atoms with Crippen LogP contribution in [0.25, 0.3) is 0 Å². The zero-order valence-electron chi connectivity index (χ0n) is 8.77. The standard InChI is InChI=1S/C10H12ClFO2Si/c1-15(2,3)8-5-6(11)4-7(9(8)12)10(13)14/h4-5H,1-3H3,(H,13,14). The van der Waals surface area contributed by atoms with Gasteiger partial charge in [0.05, 0.1) is 13.6 Å². The molecular formula is C10H12ClFO2Si. The minimum atomic E-state index is -1.91. The van der Waals surface area contributed by atoms with E-state index in [1.807, 2.05) is 19.6 Å². The first-order valence-corrected chi connectivity index (χ1v) is 8.34. The average molecular weight is 247 g/mol. The van der Waals surface area contributed by atoms with E-state index in [-0.39, 0.29) is 10.6 Å². The summed E-state index contributed by atoms with van der Waals surface area (Å²) in [6, 6.07) is 2.67. The molecule has 15 heavy (non-hydrogen) atoms. The fraction of sp³-hybridized carbons (Fsp3) is 0.300. The molecule has 1 aromatic rings. The largest absolute Gasteiger partial charge is 0.478 e. The van der Waals surface area contributed by atoms with E-state index in [4.69, 9.17) is 16.7 Å². The third-order valence-corrected chi connectivity index (χ3v) is 4.27. The molecule has 0 atom stereocenters. The number of hydrogen-bond donors (Lipinski definition) is 1. The van der Waals surface area contributed by atoms with Gasteiger partial charge in [-0.2, -0.15) is 0 Å². The van der Waals surface area contributed by atoms with Crippen LogP contribution in [0.1, 0.15) is 10.4 Å². The lowest BCUT2D eigenvalue weighted by atomic mass is 10.2. The first-order valence-electron chi connectivity index (χ1n) is 4.46. The SMILES string of the molecule is C[Si](C)(C)c1cc(Cl)cc(C(=O)O)c1F. The lowest BCUT2D eigenvalue weighted by molar-refractivity contribution is 0.0692. The van der Waals surface area contributed by atoms with Gasteiger partial charge in [-0.05, 0) is 17.3 Å². The van der Waals surface area contributed by atoms with Crippen molar-refractivity contribution in [1.29, 1.82) is 0 Å². The molecule has 0 saturated heterocycles. The second-order valence-corrected chi connectivity index (χ2v) is 9.85. The van der Waals surface area contributed by atoms with Crippen molar-refractivity contribution in [3.63, 3.8) is 0 Å². The van der Waals surface area contributed by atoms with Crippen LogP contribution in [0.4, 0.5) is 4.39 Å². The van der Waals surface area contributed by atoms with Crippen LogP contribution in [0, 0.1) is 5.82 Å². The van der Waals surface area contributed by atoms with Crippen molar-refractivity contribution in [3.05, 3.63) is 28.5 Å². The van der Waals surface area contributed by atoms with E-state index in [9.17, 15) is 9.18 Å². The summed E-state index contributed by atoms with van der Waals surface area (Å²) in [7, 11) is -1.91. The first kappa shape index (κ1) is 12.2. The Hall–Kier alpha value is -0.873. The topological polar surface area (TPSA) is 37.3 Å². The molecule has 0 aliphatic carbocycles. The normalized spacial score (nSPS) is 11.5. The molecule has 0 bridgehead atoms. The van der Waals surface area contributed by atoms with Gasteiger partial charge in [-0.25, -0.2) is 9.18 Å². The van der Waals surface area contributed by atoms with E-state index in [1.54, 1.807) is 0 Å². The molecule has 0 unspecified atom stereocenters. The molecule has 2 nitrogen and oxygen atoms in total. The molecule has 1 rings (SSSR count). The van der Waals surface area contributed by atoms with Crippen molar-refractivity contribution >= 4 is 30.8 Å². The Morgan fingerprint density at radius 3 is 2.33 bits per heavy atom. The summed E-state index contributed by atoms with van der Waals surface area (Å²) in [5, 5.41) is 9.52. The Morgan fingerprint density at radius 1 is 1.40 bits per heavy atom. The molecule has 0 saturated carbocycles. The third kappa shape index (κ3) is 2.57. The number of carboxylic acid groups (broad SMARTS) is 1. The predicted octanol–water partition coefficient (Wildman–Crippen LogP) is 2.72. The first-order chi connectivity index (χ1) is 6.73. The quantitative estimate of drug-likeness (QED) is 0.815. The number of benzene rings is 1. The van der Waals surface area contributed by atoms with Crippen LogP contribution in [-0.2, 0) is 0 Å². The van der Waals surface area contributed by atoms with Gasteiger partial charge >= 0.3 is 5.97 Å². The van der Waals surface area contributed by atoms with Gasteiger partial charge in [0.15, 0.2) is 0 Å². The van der Waals surface area contributed by atoms with E-state index in [0.29, 0.717) is 5.19 Å². The summed E-state index contributed by atoms with van der Waals surface area (Å²) in [6.45, 7) is 5.81. The monoisotopic (exact) mass is 246 g/mol. The highest BCUT2D eigenvalue weighted by Gasteiger charge is 2.25. The van der Waals surface area contributed by atoms with E-state index < -0.39 is 19.9 Å². The highest BCUT2D eigenvalue weighted by molar-refractivity contribution is 6.88. The Kier molecular flexibility index (Phi) is 3.21. The van der Waals surface area contributed by atoms with Crippen molar-refractivity contribution in [2.45, 2.75) is 19.6 Å². The number of carbonyl (C=O) groups is 1. The minimum absolute atomic E-state index is 0.270. The maximum atomic E-state index is 13.8. The van der Waals surface area contributed by atoms with Gasteiger partial charge in [0, 0.05) is 5.02 Å². The third-order valence-electron chi connectivity index (χ3n) is 2.08. The van der Waals surface area contributed by atoms with Crippen LogP contribution in [-0.4, -0.2) is 19.1 Å². The lowest BCUT2D eigenvalue weighted by Gasteiger charge is -2.18. The summed E-state index contributed by atoms with van der Waals surface area (Å²) in [5.41, 5.74) is -0.347. The maximum Gasteiger partial charge on any atom is 0.338 e. The van der Waals surface area contributed by atoms with Crippen molar-refractivity contribution in [1.82, 2.24) is 0 Å². The Bertz CT molecular complexity index is 413. The Labute approximate surface area is 93.7 Å². The van der Waals surface area contributed by atoms with Crippen LogP contribution >= 0.6 is 11.6 Å². The van der Waals surface area contributed by atoms with Gasteiger partial charge in [-0.3, -0.25) is 0 Å². The van der Waals surface area contributed by atoms with Crippen molar-refractivity contribution < 1.29 is 14.3 Å². The second kappa shape index (κ2) is 3.94. The predicted molar refractivity (Wildman–Crippen MR) is 61.3 cm³/mol. The number of halogens is 2. The number of aromatic carboxylic acids is 1. The minimum Gasteiger partial charge on any atom is -0.478 e. The number of carboxylic acids is 1. The Morgan fingerprint density at radius 2 is 1.93 bits per heavy atom. The summed E-state index contributed by atoms with van der Waals surface area (Å²) >= 11 is 5.76. The van der Waals surface area contributed by atoms with E-state index >= 15 is 0 Å². The highest BCUT2D eigenvalue weighted by atomic mass is 35.5. The number of hydrogen-bond acceptors (Lipinski definition) is 1. The Balaban J connectivity index is 3.49. The van der Waals surface area contributed by atoms with Gasteiger partial charge < -0.3 is 5.11 Å². The molecule has 0 heterocycles. The average Bonchev–Trinajstić information content (AvgIpc) is 2.06. The molecular weight excluding hydrogens is 235 g/mol. The van der Waals surface area contributed by atoms with Gasteiger partial charge in [0.25, 0.3) is 0 Å². The van der Waals surface area contributed by atoms with Crippen molar-refractivity contribution in [2.24, 2.45) is 0 Å². The van der Waals surface area contributed by atoms with Gasteiger partial charge in [0.1, 0.15) is 5.82 Å². The molecule has 0 radical (unpaired) electrons. The maximum absolute atomic E-state index is 13.8. The molecule has 0 aliphatic rings. The number of rotatable bonds is 2. The molecule has 5 heteroatoms. The molecule has 0 fully saturated rings. The summed E-state index contributed by atoms with van der Waals surface area (Å²) in [5.74, 6) is -1.93. The van der Waals surface area contributed by atoms with E-state index in [2.05, 4.69) is 0 Å². The van der Waals surface area contributed by atoms with Crippen LogP contribution in [0.3, 0.4) is 0 Å². The fourth-order valence-corrected chi connectivity index (χ4v) is 2.98. The molecule has 0 spiro atoms. The summed E-state index contributed by atoms with van der Waals surface area (Å²) in [6.07, 6.45) is 0. The molecule has 1 aromatic carbocycles. The molecule has 0 aromatic heterocycles. The van der Waals surface area contributed by atoms with Crippen LogP contribution < -0.4 is 5.19 Å².